The molecule has 0 aliphatic carbocycles. The fourth-order valence-electron chi connectivity index (χ4n) is 2.20. The van der Waals surface area contributed by atoms with Gasteiger partial charge in [-0.25, -0.2) is 0 Å². The first-order chi connectivity index (χ1) is 9.65. The quantitative estimate of drug-likeness (QED) is 0.499. The van der Waals surface area contributed by atoms with Gasteiger partial charge in [-0.2, -0.15) is 0 Å². The highest BCUT2D eigenvalue weighted by molar-refractivity contribution is 14.1. The number of anilines is 1. The molecule has 5 nitrogen and oxygen atoms in total. The Hall–Kier alpha value is -1.83. The number of nitro benzene ring substituents is 1. The Morgan fingerprint density at radius 2 is 2.10 bits per heavy atom. The highest BCUT2D eigenvalue weighted by Gasteiger charge is 2.24. The van der Waals surface area contributed by atoms with Crippen LogP contribution in [-0.4, -0.2) is 11.5 Å². The minimum atomic E-state index is -0.389. The molecular formula is C14H11IN2O3. The number of fused-ring (bicyclic) bond motifs is 1. The maximum absolute atomic E-state index is 10.7. The lowest BCUT2D eigenvalue weighted by Gasteiger charge is -2.14. The van der Waals surface area contributed by atoms with E-state index in [1.807, 2.05) is 24.3 Å². The molecule has 0 radical (unpaired) electrons. The monoisotopic (exact) mass is 382 g/mol. The normalized spacial score (nSPS) is 16.4. The molecule has 3 rings (SSSR count). The Morgan fingerprint density at radius 1 is 1.30 bits per heavy atom. The van der Waals surface area contributed by atoms with Crippen LogP contribution in [0.4, 0.5) is 11.4 Å². The molecule has 6 heteroatoms. The van der Waals surface area contributed by atoms with E-state index in [2.05, 4.69) is 27.9 Å². The van der Waals surface area contributed by atoms with Crippen LogP contribution < -0.4 is 10.1 Å². The molecule has 0 fully saturated rings. The van der Waals surface area contributed by atoms with Crippen LogP contribution in [0.15, 0.2) is 42.5 Å². The number of benzene rings is 2. The number of para-hydroxylation sites is 1. The first kappa shape index (κ1) is 13.2. The van der Waals surface area contributed by atoms with Crippen molar-refractivity contribution in [2.45, 2.75) is 6.04 Å². The number of halogens is 1. The Labute approximate surface area is 129 Å². The highest BCUT2D eigenvalue weighted by atomic mass is 127. The fraction of sp³-hybridized carbons (Fsp3) is 0.143. The molecule has 20 heavy (non-hydrogen) atoms. The second-order valence-corrected chi connectivity index (χ2v) is 5.63. The van der Waals surface area contributed by atoms with Crippen molar-refractivity contribution < 1.29 is 9.66 Å². The first-order valence-corrected chi connectivity index (χ1v) is 7.15. The van der Waals surface area contributed by atoms with Crippen LogP contribution in [0.25, 0.3) is 0 Å². The lowest BCUT2D eigenvalue weighted by Crippen LogP contribution is -2.12. The summed E-state index contributed by atoms with van der Waals surface area (Å²) >= 11 is 2.10. The molecule has 0 spiro atoms. The summed E-state index contributed by atoms with van der Waals surface area (Å²) < 4.78 is 6.43. The van der Waals surface area contributed by atoms with E-state index in [9.17, 15) is 10.1 Å². The zero-order valence-corrected chi connectivity index (χ0v) is 12.5. The zero-order chi connectivity index (χ0) is 14.1. The maximum Gasteiger partial charge on any atom is 0.270 e. The molecule has 1 aliphatic heterocycles. The van der Waals surface area contributed by atoms with Gasteiger partial charge in [0.1, 0.15) is 12.4 Å². The van der Waals surface area contributed by atoms with Crippen molar-refractivity contribution in [3.63, 3.8) is 0 Å². The zero-order valence-electron chi connectivity index (χ0n) is 10.4. The predicted octanol–water partition coefficient (Wildman–Crippen LogP) is 3.75. The van der Waals surface area contributed by atoms with E-state index >= 15 is 0 Å². The van der Waals surface area contributed by atoms with Crippen LogP contribution in [-0.2, 0) is 0 Å². The minimum absolute atomic E-state index is 0.0705. The summed E-state index contributed by atoms with van der Waals surface area (Å²) in [4.78, 5) is 10.3. The summed E-state index contributed by atoms with van der Waals surface area (Å²) in [6.07, 6.45) is 0. The molecule has 2 aromatic carbocycles. The molecule has 1 aliphatic rings. The first-order valence-electron chi connectivity index (χ1n) is 6.07. The Bertz CT molecular complexity index is 675. The van der Waals surface area contributed by atoms with Crippen LogP contribution in [0.1, 0.15) is 11.6 Å². The Balaban J connectivity index is 1.84. The molecule has 1 N–H and O–H groups in total. The molecule has 0 bridgehead atoms. The lowest BCUT2D eigenvalue weighted by molar-refractivity contribution is -0.384. The van der Waals surface area contributed by atoms with Crippen LogP contribution in [0.2, 0.25) is 0 Å². The standard InChI is InChI=1S/C14H11IN2O3/c15-11-7-9(17(18)19)5-6-12(11)16-13-8-20-14-4-2-1-3-10(13)14/h1-7,13,16H,8H2. The lowest BCUT2D eigenvalue weighted by atomic mass is 10.1. The van der Waals surface area contributed by atoms with E-state index in [1.54, 1.807) is 12.1 Å². The summed E-state index contributed by atoms with van der Waals surface area (Å²) in [6.45, 7) is 0.562. The number of non-ortho nitro benzene ring substituents is 1. The van der Waals surface area contributed by atoms with Gasteiger partial charge in [-0.1, -0.05) is 18.2 Å². The van der Waals surface area contributed by atoms with Crippen molar-refractivity contribution >= 4 is 34.0 Å². The van der Waals surface area contributed by atoms with Crippen LogP contribution in [0, 0.1) is 13.7 Å². The van der Waals surface area contributed by atoms with Gasteiger partial charge in [0.25, 0.3) is 5.69 Å². The predicted molar refractivity (Wildman–Crippen MR) is 84.1 cm³/mol. The van der Waals surface area contributed by atoms with E-state index in [1.165, 1.54) is 6.07 Å². The molecule has 0 saturated carbocycles. The third kappa shape index (κ3) is 2.43. The van der Waals surface area contributed by atoms with E-state index in [4.69, 9.17) is 4.74 Å². The molecule has 102 valence electrons. The minimum Gasteiger partial charge on any atom is -0.491 e. The van der Waals surface area contributed by atoms with E-state index in [0.717, 1.165) is 20.6 Å². The molecular weight excluding hydrogens is 371 g/mol. The van der Waals surface area contributed by atoms with Crippen molar-refractivity contribution in [2.24, 2.45) is 0 Å². The second kappa shape index (κ2) is 5.28. The van der Waals surface area contributed by atoms with Gasteiger partial charge in [0, 0.05) is 27.0 Å². The largest absolute Gasteiger partial charge is 0.491 e. The van der Waals surface area contributed by atoms with Gasteiger partial charge < -0.3 is 10.1 Å². The third-order valence-electron chi connectivity index (χ3n) is 3.19. The summed E-state index contributed by atoms with van der Waals surface area (Å²) in [7, 11) is 0. The molecule has 0 saturated heterocycles. The number of ether oxygens (including phenoxy) is 1. The average Bonchev–Trinajstić information content (AvgIpc) is 2.84. The Morgan fingerprint density at radius 3 is 2.85 bits per heavy atom. The topological polar surface area (TPSA) is 64.4 Å². The SMILES string of the molecule is O=[N+]([O-])c1ccc(NC2COc3ccccc32)c(I)c1. The van der Waals surface area contributed by atoms with Gasteiger partial charge in [0.05, 0.1) is 11.0 Å². The number of hydrogen-bond donors (Lipinski definition) is 1. The number of nitrogens with zero attached hydrogens (tertiary/aromatic N) is 1. The smallest absolute Gasteiger partial charge is 0.270 e. The van der Waals surface area contributed by atoms with Gasteiger partial charge in [-0.3, -0.25) is 10.1 Å². The third-order valence-corrected chi connectivity index (χ3v) is 4.09. The van der Waals surface area contributed by atoms with Gasteiger partial charge >= 0.3 is 0 Å². The fourth-order valence-corrected chi connectivity index (χ4v) is 2.86. The highest BCUT2D eigenvalue weighted by Crippen LogP contribution is 2.35. The second-order valence-electron chi connectivity index (χ2n) is 4.47. The Kier molecular flexibility index (Phi) is 3.47. The number of hydrogen-bond acceptors (Lipinski definition) is 4. The number of rotatable bonds is 3. The van der Waals surface area contributed by atoms with Crippen LogP contribution in [0.3, 0.4) is 0 Å². The van der Waals surface area contributed by atoms with E-state index < -0.39 is 0 Å². The van der Waals surface area contributed by atoms with Crippen LogP contribution in [0.5, 0.6) is 5.75 Å². The summed E-state index contributed by atoms with van der Waals surface area (Å²) in [5.41, 5.74) is 2.09. The van der Waals surface area contributed by atoms with Gasteiger partial charge in [-0.05, 0) is 34.7 Å². The molecule has 2 aromatic rings. The molecule has 0 amide bonds. The van der Waals surface area contributed by atoms with Gasteiger partial charge in [-0.15, -0.1) is 0 Å². The van der Waals surface area contributed by atoms with Crippen molar-refractivity contribution in [3.8, 4) is 5.75 Å². The summed E-state index contributed by atoms with van der Waals surface area (Å²) in [6, 6.07) is 12.8. The summed E-state index contributed by atoms with van der Waals surface area (Å²) in [5, 5.41) is 14.1. The molecule has 1 heterocycles. The number of nitro groups is 1. The molecule has 1 unspecified atom stereocenters. The van der Waals surface area contributed by atoms with E-state index in [0.29, 0.717) is 6.61 Å². The van der Waals surface area contributed by atoms with E-state index in [-0.39, 0.29) is 16.7 Å². The maximum atomic E-state index is 10.7. The van der Waals surface area contributed by atoms with Crippen molar-refractivity contribution in [1.82, 2.24) is 0 Å². The average molecular weight is 382 g/mol. The van der Waals surface area contributed by atoms with Crippen molar-refractivity contribution in [1.29, 1.82) is 0 Å². The summed E-state index contributed by atoms with van der Waals surface area (Å²) in [5.74, 6) is 0.891. The molecule has 0 aromatic heterocycles. The number of nitrogens with one attached hydrogen (secondary N) is 1. The van der Waals surface area contributed by atoms with Crippen molar-refractivity contribution in [3.05, 3.63) is 61.7 Å². The van der Waals surface area contributed by atoms with Gasteiger partial charge in [0.15, 0.2) is 0 Å². The molecule has 1 atom stereocenters. The van der Waals surface area contributed by atoms with Gasteiger partial charge in [0.2, 0.25) is 0 Å². The van der Waals surface area contributed by atoms with Crippen LogP contribution >= 0.6 is 22.6 Å². The van der Waals surface area contributed by atoms with Crippen molar-refractivity contribution in [2.75, 3.05) is 11.9 Å².